The van der Waals surface area contributed by atoms with Crippen LogP contribution in [-0.2, 0) is 6.54 Å². The second-order valence-electron chi connectivity index (χ2n) is 7.45. The Morgan fingerprint density at radius 2 is 1.58 bits per heavy atom. The molecule has 4 aromatic rings. The summed E-state index contributed by atoms with van der Waals surface area (Å²) in [6, 6.07) is 16.5. The van der Waals surface area contributed by atoms with Crippen molar-refractivity contribution in [1.82, 2.24) is 4.57 Å². The molecule has 0 aliphatic heterocycles. The predicted molar refractivity (Wildman–Crippen MR) is 121 cm³/mol. The standard InChI is InChI=1S/C24H19F2N5O2/c25-18-8-7-17(11-19(18)26)30-24(33)21-9-15-5-6-16(22(27)28)10-20(15)31(21)12-13-1-3-14(4-2-13)23(29)32/h1-11H,12H2,(H3,27,28)(H2,29,32)(H,30,33). The van der Waals surface area contributed by atoms with Gasteiger partial charge in [-0.2, -0.15) is 0 Å². The summed E-state index contributed by atoms with van der Waals surface area (Å²) in [7, 11) is 0. The Labute approximate surface area is 187 Å². The van der Waals surface area contributed by atoms with Crippen LogP contribution in [0.25, 0.3) is 10.9 Å². The number of halogens is 2. The Balaban J connectivity index is 1.77. The van der Waals surface area contributed by atoms with Gasteiger partial charge in [0.15, 0.2) is 11.6 Å². The van der Waals surface area contributed by atoms with Gasteiger partial charge in [-0.1, -0.05) is 24.3 Å². The SMILES string of the molecule is N=C(N)c1ccc2cc(C(=O)Nc3ccc(F)c(F)c3)n(Cc3ccc(C(N)=O)cc3)c2c1. The van der Waals surface area contributed by atoms with E-state index in [4.69, 9.17) is 16.9 Å². The van der Waals surface area contributed by atoms with Crippen LogP contribution in [0, 0.1) is 17.0 Å². The number of fused-ring (bicyclic) bond motifs is 1. The molecule has 33 heavy (non-hydrogen) atoms. The first-order chi connectivity index (χ1) is 15.7. The van der Waals surface area contributed by atoms with Gasteiger partial charge in [0, 0.05) is 40.3 Å². The predicted octanol–water partition coefficient (Wildman–Crippen LogP) is 3.60. The minimum atomic E-state index is -1.08. The zero-order valence-electron chi connectivity index (χ0n) is 17.2. The first-order valence-corrected chi connectivity index (χ1v) is 9.86. The third-order valence-electron chi connectivity index (χ3n) is 5.20. The molecule has 0 saturated heterocycles. The van der Waals surface area contributed by atoms with E-state index in [1.807, 2.05) is 0 Å². The molecule has 0 radical (unpaired) electrons. The van der Waals surface area contributed by atoms with E-state index in [0.717, 1.165) is 23.1 Å². The van der Waals surface area contributed by atoms with E-state index in [9.17, 15) is 18.4 Å². The van der Waals surface area contributed by atoms with E-state index in [1.54, 1.807) is 53.1 Å². The second-order valence-corrected chi connectivity index (χ2v) is 7.45. The minimum absolute atomic E-state index is 0.103. The van der Waals surface area contributed by atoms with Crippen molar-refractivity contribution >= 4 is 34.2 Å². The number of rotatable bonds is 6. The van der Waals surface area contributed by atoms with Crippen molar-refractivity contribution in [3.8, 4) is 0 Å². The number of nitrogens with zero attached hydrogens (tertiary/aromatic N) is 1. The smallest absolute Gasteiger partial charge is 0.272 e. The van der Waals surface area contributed by atoms with Crippen LogP contribution in [0.2, 0.25) is 0 Å². The van der Waals surface area contributed by atoms with Crippen LogP contribution in [0.1, 0.15) is 32.0 Å². The van der Waals surface area contributed by atoms with Gasteiger partial charge in [-0.25, -0.2) is 8.78 Å². The van der Waals surface area contributed by atoms with Gasteiger partial charge in [0.05, 0.1) is 0 Å². The molecule has 4 rings (SSSR count). The van der Waals surface area contributed by atoms with E-state index < -0.39 is 23.4 Å². The average Bonchev–Trinajstić information content (AvgIpc) is 3.14. The summed E-state index contributed by atoms with van der Waals surface area (Å²) in [4.78, 5) is 24.4. The molecule has 0 unspecified atom stereocenters. The fourth-order valence-corrected chi connectivity index (χ4v) is 3.51. The monoisotopic (exact) mass is 447 g/mol. The number of primary amides is 1. The summed E-state index contributed by atoms with van der Waals surface area (Å²) in [6.45, 7) is 0.254. The number of aromatic nitrogens is 1. The number of nitrogen functional groups attached to an aromatic ring is 1. The van der Waals surface area contributed by atoms with E-state index in [0.29, 0.717) is 16.6 Å². The minimum Gasteiger partial charge on any atom is -0.384 e. The van der Waals surface area contributed by atoms with Gasteiger partial charge < -0.3 is 21.4 Å². The highest BCUT2D eigenvalue weighted by Gasteiger charge is 2.18. The van der Waals surface area contributed by atoms with Crippen molar-refractivity contribution in [2.45, 2.75) is 6.54 Å². The van der Waals surface area contributed by atoms with Crippen LogP contribution >= 0.6 is 0 Å². The number of benzene rings is 3. The van der Waals surface area contributed by atoms with Gasteiger partial charge in [-0.15, -0.1) is 0 Å². The van der Waals surface area contributed by atoms with Crippen molar-refractivity contribution in [2.75, 3.05) is 5.32 Å². The number of nitrogens with two attached hydrogens (primary N) is 2. The normalized spacial score (nSPS) is 10.8. The van der Waals surface area contributed by atoms with E-state index >= 15 is 0 Å². The Morgan fingerprint density at radius 1 is 0.879 bits per heavy atom. The maximum absolute atomic E-state index is 13.6. The second kappa shape index (κ2) is 8.54. The molecular weight excluding hydrogens is 428 g/mol. The summed E-state index contributed by atoms with van der Waals surface area (Å²) in [5, 5.41) is 11.0. The maximum Gasteiger partial charge on any atom is 0.272 e. The first-order valence-electron chi connectivity index (χ1n) is 9.86. The zero-order chi connectivity index (χ0) is 23.7. The van der Waals surface area contributed by atoms with Crippen molar-refractivity contribution in [3.63, 3.8) is 0 Å². The Kier molecular flexibility index (Phi) is 5.61. The Bertz CT molecular complexity index is 1410. The topological polar surface area (TPSA) is 127 Å². The molecular formula is C24H19F2N5O2. The molecule has 3 aromatic carbocycles. The van der Waals surface area contributed by atoms with Crippen LogP contribution in [0.3, 0.4) is 0 Å². The number of carbonyl (C=O) groups excluding carboxylic acids is 2. The van der Waals surface area contributed by atoms with Crippen LogP contribution < -0.4 is 16.8 Å². The fourth-order valence-electron chi connectivity index (χ4n) is 3.51. The van der Waals surface area contributed by atoms with Crippen molar-refractivity contribution < 1.29 is 18.4 Å². The van der Waals surface area contributed by atoms with Gasteiger partial charge in [0.2, 0.25) is 5.91 Å². The number of carbonyl (C=O) groups is 2. The fraction of sp³-hybridized carbons (Fsp3) is 0.0417. The first kappa shape index (κ1) is 21.7. The molecule has 1 aromatic heterocycles. The summed E-state index contributed by atoms with van der Waals surface area (Å²) >= 11 is 0. The summed E-state index contributed by atoms with van der Waals surface area (Å²) in [5.74, 6) is -3.29. The number of hydrogen-bond donors (Lipinski definition) is 4. The molecule has 0 aliphatic rings. The van der Waals surface area contributed by atoms with Crippen molar-refractivity contribution in [2.24, 2.45) is 11.5 Å². The lowest BCUT2D eigenvalue weighted by atomic mass is 10.1. The largest absolute Gasteiger partial charge is 0.384 e. The molecule has 0 atom stereocenters. The summed E-state index contributed by atoms with van der Waals surface area (Å²) < 4.78 is 28.5. The van der Waals surface area contributed by atoms with Gasteiger partial charge in [-0.05, 0) is 42.0 Å². The van der Waals surface area contributed by atoms with Crippen LogP contribution in [0.4, 0.5) is 14.5 Å². The molecule has 1 heterocycles. The van der Waals surface area contributed by atoms with Gasteiger partial charge in [0.25, 0.3) is 5.91 Å². The summed E-state index contributed by atoms with van der Waals surface area (Å²) in [5.41, 5.74) is 13.6. The third kappa shape index (κ3) is 4.42. The lowest BCUT2D eigenvalue weighted by molar-refractivity contribution is 0.0997. The average molecular weight is 447 g/mol. The summed E-state index contributed by atoms with van der Waals surface area (Å²) in [6.07, 6.45) is 0. The lowest BCUT2D eigenvalue weighted by Gasteiger charge is -2.12. The van der Waals surface area contributed by atoms with Crippen LogP contribution in [-0.4, -0.2) is 22.2 Å². The quantitative estimate of drug-likeness (QED) is 0.266. The lowest BCUT2D eigenvalue weighted by Crippen LogP contribution is -2.18. The molecule has 166 valence electrons. The molecule has 0 saturated carbocycles. The molecule has 0 spiro atoms. The molecule has 7 nitrogen and oxygen atoms in total. The highest BCUT2D eigenvalue weighted by molar-refractivity contribution is 6.07. The highest BCUT2D eigenvalue weighted by Crippen LogP contribution is 2.24. The van der Waals surface area contributed by atoms with Crippen LogP contribution in [0.15, 0.2) is 66.7 Å². The van der Waals surface area contributed by atoms with E-state index in [2.05, 4.69) is 5.32 Å². The van der Waals surface area contributed by atoms with Gasteiger partial charge >= 0.3 is 0 Å². The molecule has 9 heteroatoms. The molecule has 0 aliphatic carbocycles. The molecule has 0 bridgehead atoms. The maximum atomic E-state index is 13.6. The zero-order valence-corrected chi connectivity index (χ0v) is 17.2. The number of anilines is 1. The van der Waals surface area contributed by atoms with Gasteiger partial charge in [0.1, 0.15) is 11.5 Å². The Morgan fingerprint density at radius 3 is 2.21 bits per heavy atom. The number of amidine groups is 1. The highest BCUT2D eigenvalue weighted by atomic mass is 19.2. The van der Waals surface area contributed by atoms with Gasteiger partial charge in [-0.3, -0.25) is 15.0 Å². The third-order valence-corrected chi connectivity index (χ3v) is 5.20. The van der Waals surface area contributed by atoms with Crippen molar-refractivity contribution in [1.29, 1.82) is 5.41 Å². The number of amides is 2. The molecule has 6 N–H and O–H groups in total. The molecule has 2 amide bonds. The van der Waals surface area contributed by atoms with E-state index in [-0.39, 0.29) is 23.8 Å². The molecule has 0 fully saturated rings. The number of hydrogen-bond acceptors (Lipinski definition) is 3. The Hall–Kier alpha value is -4.53. The van der Waals surface area contributed by atoms with Crippen LogP contribution in [0.5, 0.6) is 0 Å². The number of nitrogens with one attached hydrogen (secondary N) is 2. The van der Waals surface area contributed by atoms with E-state index in [1.165, 1.54) is 6.07 Å². The van der Waals surface area contributed by atoms with Crippen molar-refractivity contribution in [3.05, 3.63) is 101 Å².